The fourth-order valence-corrected chi connectivity index (χ4v) is 4.81. The number of carboxylic acid groups (broad SMARTS) is 1. The number of alkyl halides is 1. The zero-order chi connectivity index (χ0) is 20.6. The SMILES string of the molecule is C[C@@H](O)[C@H]1C(=O)N2C(C(=O)[O-])=C(CSc3cc[n+](CC(N)=O)cc3)[C@H](CF)[C@H]12. The smallest absolute Gasteiger partial charge is 0.283 e. The molecule has 1 aromatic heterocycles. The normalized spacial score (nSPS) is 24.8. The summed E-state index contributed by atoms with van der Waals surface area (Å²) in [7, 11) is 0. The number of rotatable bonds is 8. The van der Waals surface area contributed by atoms with Crippen LogP contribution in [0.25, 0.3) is 0 Å². The van der Waals surface area contributed by atoms with Crippen LogP contribution in [0.2, 0.25) is 0 Å². The second-order valence-electron chi connectivity index (χ2n) is 6.85. The quantitative estimate of drug-likeness (QED) is 0.301. The summed E-state index contributed by atoms with van der Waals surface area (Å²) in [5, 5.41) is 21.5. The van der Waals surface area contributed by atoms with Crippen molar-refractivity contribution in [2.75, 3.05) is 12.4 Å². The van der Waals surface area contributed by atoms with Crippen LogP contribution >= 0.6 is 11.8 Å². The van der Waals surface area contributed by atoms with Crippen LogP contribution in [0.4, 0.5) is 4.39 Å². The molecule has 0 radical (unpaired) electrons. The number of aliphatic hydroxyl groups is 1. The Kier molecular flexibility index (Phi) is 5.71. The second-order valence-corrected chi connectivity index (χ2v) is 7.90. The van der Waals surface area contributed by atoms with Crippen LogP contribution in [-0.4, -0.2) is 52.4 Å². The maximum absolute atomic E-state index is 13.8. The number of primary amides is 1. The van der Waals surface area contributed by atoms with E-state index in [-0.39, 0.29) is 18.0 Å². The summed E-state index contributed by atoms with van der Waals surface area (Å²) in [6.45, 7) is 0.637. The molecule has 0 spiro atoms. The molecule has 1 aromatic rings. The lowest BCUT2D eigenvalue weighted by Gasteiger charge is -2.47. The molecule has 2 aliphatic rings. The van der Waals surface area contributed by atoms with Crippen LogP contribution in [-0.2, 0) is 20.9 Å². The van der Waals surface area contributed by atoms with Gasteiger partial charge in [0, 0.05) is 28.7 Å². The first-order valence-corrected chi connectivity index (χ1v) is 9.66. The molecule has 0 unspecified atom stereocenters. The van der Waals surface area contributed by atoms with Gasteiger partial charge >= 0.3 is 0 Å². The van der Waals surface area contributed by atoms with Crippen LogP contribution in [0.15, 0.2) is 40.7 Å². The first kappa shape index (κ1) is 20.3. The molecule has 3 heterocycles. The summed E-state index contributed by atoms with van der Waals surface area (Å²) in [6, 6.07) is 2.75. The summed E-state index contributed by atoms with van der Waals surface area (Å²) in [5.74, 6) is -3.98. The molecule has 2 amide bonds. The number of aliphatic hydroxyl groups excluding tert-OH is 1. The number of aromatic nitrogens is 1. The first-order chi connectivity index (χ1) is 13.3. The van der Waals surface area contributed by atoms with E-state index in [2.05, 4.69) is 0 Å². The number of amides is 2. The maximum atomic E-state index is 13.8. The van der Waals surface area contributed by atoms with Gasteiger partial charge in [-0.3, -0.25) is 14.0 Å². The van der Waals surface area contributed by atoms with E-state index in [4.69, 9.17) is 5.73 Å². The van der Waals surface area contributed by atoms with E-state index < -0.39 is 48.4 Å². The third-order valence-electron chi connectivity index (χ3n) is 5.07. The van der Waals surface area contributed by atoms with Crippen molar-refractivity contribution in [3.8, 4) is 0 Å². The number of nitrogens with two attached hydrogens (primary N) is 1. The number of nitrogens with zero attached hydrogens (tertiary/aromatic N) is 2. The lowest BCUT2D eigenvalue weighted by molar-refractivity contribution is -0.684. The van der Waals surface area contributed by atoms with Crippen LogP contribution < -0.4 is 15.4 Å². The number of pyridine rings is 1. The van der Waals surface area contributed by atoms with E-state index in [0.717, 1.165) is 9.80 Å². The highest BCUT2D eigenvalue weighted by atomic mass is 32.2. The fraction of sp³-hybridized carbons (Fsp3) is 0.444. The van der Waals surface area contributed by atoms with Gasteiger partial charge < -0.3 is 25.6 Å². The summed E-state index contributed by atoms with van der Waals surface area (Å²) in [5.41, 5.74) is 5.14. The minimum absolute atomic E-state index is 0.0361. The monoisotopic (exact) mass is 409 g/mol. The molecule has 150 valence electrons. The number of β-lactam (4-membered cyclic amide) rings is 1. The van der Waals surface area contributed by atoms with E-state index in [1.807, 2.05) is 0 Å². The number of aliphatic carboxylic acids is 1. The molecule has 2 aliphatic heterocycles. The Morgan fingerprint density at radius 3 is 2.57 bits per heavy atom. The van der Waals surface area contributed by atoms with Crippen molar-refractivity contribution in [2.45, 2.75) is 30.5 Å². The molecule has 3 N–H and O–H groups in total. The molecule has 1 fully saturated rings. The van der Waals surface area contributed by atoms with E-state index in [0.29, 0.717) is 5.57 Å². The summed E-state index contributed by atoms with van der Waals surface area (Å²) < 4.78 is 15.4. The van der Waals surface area contributed by atoms with Crippen molar-refractivity contribution in [3.63, 3.8) is 0 Å². The van der Waals surface area contributed by atoms with Gasteiger partial charge in [-0.15, -0.1) is 11.8 Å². The fourth-order valence-electron chi connectivity index (χ4n) is 3.83. The molecule has 8 nitrogen and oxygen atoms in total. The molecule has 0 bridgehead atoms. The summed E-state index contributed by atoms with van der Waals surface area (Å²) >= 11 is 1.28. The molecule has 0 saturated carbocycles. The Morgan fingerprint density at radius 1 is 1.43 bits per heavy atom. The Hall–Kier alpha value is -2.46. The molecular formula is C18H20FN3O5S. The summed E-state index contributed by atoms with van der Waals surface area (Å²) in [4.78, 5) is 36.7. The molecule has 10 heteroatoms. The number of halogens is 1. The molecule has 4 atom stereocenters. The van der Waals surface area contributed by atoms with Crippen LogP contribution in [0.1, 0.15) is 6.92 Å². The Labute approximate surface area is 164 Å². The predicted molar refractivity (Wildman–Crippen MR) is 93.9 cm³/mol. The van der Waals surface area contributed by atoms with Crippen molar-refractivity contribution in [1.82, 2.24) is 4.90 Å². The third kappa shape index (κ3) is 3.49. The van der Waals surface area contributed by atoms with Crippen molar-refractivity contribution < 1.29 is 33.6 Å². The van der Waals surface area contributed by atoms with Gasteiger partial charge in [0.2, 0.25) is 12.5 Å². The minimum Gasteiger partial charge on any atom is -0.543 e. The van der Waals surface area contributed by atoms with Crippen molar-refractivity contribution in [1.29, 1.82) is 0 Å². The zero-order valence-electron chi connectivity index (χ0n) is 15.1. The van der Waals surface area contributed by atoms with Crippen LogP contribution in [0, 0.1) is 11.8 Å². The predicted octanol–water partition coefficient (Wildman–Crippen LogP) is -1.64. The lowest BCUT2D eigenvalue weighted by Crippen LogP contribution is -2.64. The summed E-state index contributed by atoms with van der Waals surface area (Å²) in [6.07, 6.45) is 2.32. The second kappa shape index (κ2) is 7.88. The number of carboxylic acids is 1. The van der Waals surface area contributed by atoms with Gasteiger partial charge in [-0.05, 0) is 12.5 Å². The van der Waals surface area contributed by atoms with E-state index in [1.165, 1.54) is 18.7 Å². The highest BCUT2D eigenvalue weighted by Crippen LogP contribution is 2.48. The van der Waals surface area contributed by atoms with Gasteiger partial charge in [0.1, 0.15) is 0 Å². The van der Waals surface area contributed by atoms with E-state index in [9.17, 15) is 29.0 Å². The molecule has 1 saturated heterocycles. The molecule has 0 aromatic carbocycles. The standard InChI is InChI=1S/C18H20FN3O5S/c1-9(23)14-15-11(6-19)12(16(18(26)27)22(15)17(14)25)8-28-10-2-4-21(5-3-10)7-13(20)24/h2-5,9,11,14-15,23H,6-8H2,1H3,(H2-,20,24,26,27)/t9-,11+,14-,15-/m1/s1. The van der Waals surface area contributed by atoms with Gasteiger partial charge in [0.15, 0.2) is 12.4 Å². The first-order valence-electron chi connectivity index (χ1n) is 8.68. The third-order valence-corrected chi connectivity index (χ3v) is 6.13. The molecule has 0 aliphatic carbocycles. The average molecular weight is 409 g/mol. The highest BCUT2D eigenvalue weighted by Gasteiger charge is 2.59. The van der Waals surface area contributed by atoms with Crippen molar-refractivity contribution >= 4 is 29.5 Å². The number of hydrogen-bond donors (Lipinski definition) is 2. The largest absolute Gasteiger partial charge is 0.543 e. The number of thioether (sulfide) groups is 1. The topological polar surface area (TPSA) is 128 Å². The van der Waals surface area contributed by atoms with E-state index >= 15 is 0 Å². The van der Waals surface area contributed by atoms with Gasteiger partial charge in [0.25, 0.3) is 5.91 Å². The molecule has 28 heavy (non-hydrogen) atoms. The van der Waals surface area contributed by atoms with Gasteiger partial charge in [-0.1, -0.05) is 0 Å². The number of carbonyl (C=O) groups excluding carboxylic acids is 3. The maximum Gasteiger partial charge on any atom is 0.283 e. The molecular weight excluding hydrogens is 389 g/mol. The average Bonchev–Trinajstić information content (AvgIpc) is 2.90. The Morgan fingerprint density at radius 2 is 2.07 bits per heavy atom. The van der Waals surface area contributed by atoms with Crippen molar-refractivity contribution in [3.05, 3.63) is 35.8 Å². The Bertz CT molecular complexity index is 842. The zero-order valence-corrected chi connectivity index (χ0v) is 15.9. The van der Waals surface area contributed by atoms with Gasteiger partial charge in [-0.25, -0.2) is 0 Å². The minimum atomic E-state index is -1.53. The lowest BCUT2D eigenvalue weighted by atomic mass is 9.77. The van der Waals surface area contributed by atoms with Crippen LogP contribution in [0.5, 0.6) is 0 Å². The number of hydrogen-bond acceptors (Lipinski definition) is 6. The van der Waals surface area contributed by atoms with Crippen molar-refractivity contribution in [2.24, 2.45) is 17.6 Å². The Balaban J connectivity index is 1.80. The van der Waals surface area contributed by atoms with E-state index in [1.54, 1.807) is 29.1 Å². The van der Waals surface area contributed by atoms with Crippen LogP contribution in [0.3, 0.4) is 0 Å². The number of carbonyl (C=O) groups is 3. The highest BCUT2D eigenvalue weighted by molar-refractivity contribution is 7.99. The van der Waals surface area contributed by atoms with Gasteiger partial charge in [0.05, 0.1) is 36.4 Å². The van der Waals surface area contributed by atoms with Gasteiger partial charge in [-0.2, -0.15) is 4.57 Å². The molecule has 3 rings (SSSR count). The number of fused-ring (bicyclic) bond motifs is 1.